The minimum absolute atomic E-state index is 0.164. The van der Waals surface area contributed by atoms with Crippen LogP contribution in [0.25, 0.3) is 0 Å². The summed E-state index contributed by atoms with van der Waals surface area (Å²) in [4.78, 5) is 40.4. The molecule has 0 atom stereocenters. The van der Waals surface area contributed by atoms with Crippen LogP contribution in [0.2, 0.25) is 0 Å². The molecule has 0 saturated carbocycles. The van der Waals surface area contributed by atoms with Gasteiger partial charge in [-0.1, -0.05) is 19.1 Å². The van der Waals surface area contributed by atoms with Gasteiger partial charge in [0.25, 0.3) is 5.56 Å². The monoisotopic (exact) mass is 417 g/mol. The second-order valence-electron chi connectivity index (χ2n) is 7.51. The fraction of sp³-hybridized carbons (Fsp3) is 0.476. The normalized spacial score (nSPS) is 14.0. The number of anilines is 2. The Labute approximate surface area is 174 Å². The molecule has 0 aliphatic carbocycles. The van der Waals surface area contributed by atoms with Crippen molar-refractivity contribution in [2.45, 2.75) is 52.2 Å². The minimum Gasteiger partial charge on any atom is -0.383 e. The maximum Gasteiger partial charge on any atom is 0.333 e. The number of nitrogens with one attached hydrogen (secondary N) is 1. The van der Waals surface area contributed by atoms with E-state index in [1.165, 1.54) is 16.7 Å². The number of hydrogen-bond acceptors (Lipinski definition) is 5. The molecule has 0 spiro atoms. The van der Waals surface area contributed by atoms with Gasteiger partial charge in [-0.05, 0) is 43.4 Å². The Balaban J connectivity index is 1.87. The summed E-state index contributed by atoms with van der Waals surface area (Å²) in [6, 6.07) is 5.74. The van der Waals surface area contributed by atoms with Gasteiger partial charge in [0, 0.05) is 26.2 Å². The maximum atomic E-state index is 13.1. The van der Waals surface area contributed by atoms with Crippen molar-refractivity contribution in [2.75, 3.05) is 23.7 Å². The molecule has 3 N–H and O–H groups in total. The number of rotatable bonds is 7. The highest BCUT2D eigenvalue weighted by Gasteiger charge is 2.24. The lowest BCUT2D eigenvalue weighted by molar-refractivity contribution is -0.121. The SMILES string of the molecule is CCCn1c(N)c(N2CCCCC2)c(=O)n(CC(=O)NCc2ccc(F)cc2)c1=O. The van der Waals surface area contributed by atoms with Gasteiger partial charge in [0.05, 0.1) is 0 Å². The van der Waals surface area contributed by atoms with E-state index in [9.17, 15) is 18.8 Å². The quantitative estimate of drug-likeness (QED) is 0.710. The molecule has 30 heavy (non-hydrogen) atoms. The van der Waals surface area contributed by atoms with Crippen LogP contribution < -0.4 is 27.2 Å². The maximum absolute atomic E-state index is 13.1. The van der Waals surface area contributed by atoms with Crippen molar-refractivity contribution in [3.63, 3.8) is 0 Å². The molecule has 1 aliphatic heterocycles. The number of amides is 1. The van der Waals surface area contributed by atoms with E-state index >= 15 is 0 Å². The lowest BCUT2D eigenvalue weighted by atomic mass is 10.1. The van der Waals surface area contributed by atoms with Crippen molar-refractivity contribution in [3.8, 4) is 0 Å². The molecule has 0 radical (unpaired) electrons. The number of piperidine rings is 1. The summed E-state index contributed by atoms with van der Waals surface area (Å²) < 4.78 is 15.3. The molecule has 0 unspecified atom stereocenters. The fourth-order valence-corrected chi connectivity index (χ4v) is 3.70. The Morgan fingerprint density at radius 1 is 1.10 bits per heavy atom. The highest BCUT2D eigenvalue weighted by molar-refractivity contribution is 5.76. The van der Waals surface area contributed by atoms with Crippen molar-refractivity contribution in [3.05, 3.63) is 56.5 Å². The molecule has 3 rings (SSSR count). The molecular formula is C21H28FN5O3. The van der Waals surface area contributed by atoms with Gasteiger partial charge in [0.15, 0.2) is 0 Å². The zero-order chi connectivity index (χ0) is 21.7. The van der Waals surface area contributed by atoms with Crippen LogP contribution in [-0.4, -0.2) is 28.1 Å². The summed E-state index contributed by atoms with van der Waals surface area (Å²) in [5.74, 6) is -0.673. The van der Waals surface area contributed by atoms with E-state index < -0.39 is 23.7 Å². The van der Waals surface area contributed by atoms with Gasteiger partial charge >= 0.3 is 5.69 Å². The molecule has 2 aromatic rings. The lowest BCUT2D eigenvalue weighted by Gasteiger charge is -2.30. The van der Waals surface area contributed by atoms with E-state index in [2.05, 4.69) is 5.32 Å². The molecular weight excluding hydrogens is 389 g/mol. The van der Waals surface area contributed by atoms with Gasteiger partial charge in [-0.15, -0.1) is 0 Å². The summed E-state index contributed by atoms with van der Waals surface area (Å²) >= 11 is 0. The van der Waals surface area contributed by atoms with Crippen LogP contribution >= 0.6 is 0 Å². The van der Waals surface area contributed by atoms with Crippen molar-refractivity contribution in [1.82, 2.24) is 14.5 Å². The molecule has 1 saturated heterocycles. The first-order chi connectivity index (χ1) is 14.4. The number of aromatic nitrogens is 2. The van der Waals surface area contributed by atoms with E-state index in [-0.39, 0.29) is 18.2 Å². The Bertz CT molecular complexity index is 1010. The van der Waals surface area contributed by atoms with Crippen LogP contribution in [-0.2, 0) is 24.4 Å². The first-order valence-electron chi connectivity index (χ1n) is 10.3. The Hall–Kier alpha value is -3.10. The van der Waals surface area contributed by atoms with Crippen LogP contribution in [0.3, 0.4) is 0 Å². The van der Waals surface area contributed by atoms with E-state index in [1.807, 2.05) is 11.8 Å². The highest BCUT2D eigenvalue weighted by atomic mass is 19.1. The smallest absolute Gasteiger partial charge is 0.333 e. The summed E-state index contributed by atoms with van der Waals surface area (Å²) in [5, 5.41) is 2.67. The molecule has 162 valence electrons. The van der Waals surface area contributed by atoms with Crippen LogP contribution in [0.4, 0.5) is 15.9 Å². The van der Waals surface area contributed by atoms with Gasteiger partial charge in [0.2, 0.25) is 5.91 Å². The van der Waals surface area contributed by atoms with Gasteiger partial charge in [0.1, 0.15) is 23.9 Å². The average Bonchev–Trinajstić information content (AvgIpc) is 2.75. The Kier molecular flexibility index (Phi) is 6.91. The molecule has 1 fully saturated rings. The third-order valence-electron chi connectivity index (χ3n) is 5.27. The van der Waals surface area contributed by atoms with Gasteiger partial charge in [-0.2, -0.15) is 0 Å². The number of nitrogen functional groups attached to an aromatic ring is 1. The van der Waals surface area contributed by atoms with E-state index in [0.29, 0.717) is 37.3 Å². The third-order valence-corrected chi connectivity index (χ3v) is 5.27. The Morgan fingerprint density at radius 3 is 2.40 bits per heavy atom. The van der Waals surface area contributed by atoms with E-state index in [4.69, 9.17) is 5.73 Å². The van der Waals surface area contributed by atoms with Crippen molar-refractivity contribution < 1.29 is 9.18 Å². The lowest BCUT2D eigenvalue weighted by Crippen LogP contribution is -2.48. The topological polar surface area (TPSA) is 102 Å². The molecule has 1 aromatic heterocycles. The standard InChI is InChI=1S/C21H28FN5O3/c1-2-10-26-19(23)18(25-11-4-3-5-12-25)20(29)27(21(26)30)14-17(28)24-13-15-6-8-16(22)9-7-15/h6-9H,2-5,10-14,23H2,1H3,(H,24,28). The second kappa shape index (κ2) is 9.60. The van der Waals surface area contributed by atoms with Crippen LogP contribution in [0.5, 0.6) is 0 Å². The largest absolute Gasteiger partial charge is 0.383 e. The number of carbonyl (C=O) groups is 1. The predicted molar refractivity (Wildman–Crippen MR) is 114 cm³/mol. The van der Waals surface area contributed by atoms with Gasteiger partial charge in [-0.3, -0.25) is 14.2 Å². The molecule has 9 heteroatoms. The molecule has 8 nitrogen and oxygen atoms in total. The first-order valence-corrected chi connectivity index (χ1v) is 10.3. The van der Waals surface area contributed by atoms with Crippen LogP contribution in [0.1, 0.15) is 38.2 Å². The van der Waals surface area contributed by atoms with E-state index in [1.54, 1.807) is 12.1 Å². The molecule has 1 aromatic carbocycles. The minimum atomic E-state index is -0.586. The number of carbonyl (C=O) groups excluding carboxylic acids is 1. The highest BCUT2D eigenvalue weighted by Crippen LogP contribution is 2.21. The summed E-state index contributed by atoms with van der Waals surface area (Å²) in [6.45, 7) is 3.44. The molecule has 2 heterocycles. The van der Waals surface area contributed by atoms with Crippen LogP contribution in [0, 0.1) is 5.82 Å². The van der Waals surface area contributed by atoms with Crippen molar-refractivity contribution in [1.29, 1.82) is 0 Å². The number of nitrogens with zero attached hydrogens (tertiary/aromatic N) is 3. The average molecular weight is 417 g/mol. The number of halogens is 1. The molecule has 1 aliphatic rings. The summed E-state index contributed by atoms with van der Waals surface area (Å²) in [7, 11) is 0. The van der Waals surface area contributed by atoms with E-state index in [0.717, 1.165) is 23.8 Å². The third kappa shape index (κ3) is 4.72. The fourth-order valence-electron chi connectivity index (χ4n) is 3.70. The summed E-state index contributed by atoms with van der Waals surface area (Å²) in [6.07, 6.45) is 3.65. The van der Waals surface area contributed by atoms with Gasteiger partial charge < -0.3 is 16.0 Å². The predicted octanol–water partition coefficient (Wildman–Crippen LogP) is 1.45. The molecule has 1 amide bonds. The van der Waals surface area contributed by atoms with Gasteiger partial charge in [-0.25, -0.2) is 13.8 Å². The van der Waals surface area contributed by atoms with Crippen molar-refractivity contribution in [2.24, 2.45) is 0 Å². The van der Waals surface area contributed by atoms with Crippen LogP contribution in [0.15, 0.2) is 33.9 Å². The number of hydrogen-bond donors (Lipinski definition) is 2. The first kappa shape index (κ1) is 21.6. The van der Waals surface area contributed by atoms with Crippen molar-refractivity contribution >= 4 is 17.4 Å². The zero-order valence-corrected chi connectivity index (χ0v) is 17.2. The second-order valence-corrected chi connectivity index (χ2v) is 7.51. The zero-order valence-electron chi connectivity index (χ0n) is 17.2. The number of benzene rings is 1. The molecule has 0 bridgehead atoms. The summed E-state index contributed by atoms with van der Waals surface area (Å²) in [5.41, 5.74) is 6.12. The number of nitrogens with two attached hydrogens (primary N) is 1. The Morgan fingerprint density at radius 2 is 1.77 bits per heavy atom.